The smallest absolute Gasteiger partial charge is 0.0857 e. The molecule has 0 aliphatic rings. The highest BCUT2D eigenvalue weighted by Gasteiger charge is 1.93. The van der Waals surface area contributed by atoms with Gasteiger partial charge in [-0.3, -0.25) is 0 Å². The fourth-order valence-corrected chi connectivity index (χ4v) is 2.67. The van der Waals surface area contributed by atoms with Crippen molar-refractivity contribution >= 4 is 11.4 Å². The lowest BCUT2D eigenvalue weighted by molar-refractivity contribution is 1.23. The highest BCUT2D eigenvalue weighted by Crippen LogP contribution is 2.19. The maximum atomic E-state index is 4.30. The minimum absolute atomic E-state index is 0.785. The number of hydrogen-bond acceptors (Lipinski definition) is 2. The lowest BCUT2D eigenvalue weighted by atomic mass is 10.2. The fraction of sp³-hybridized carbons (Fsp3) is 0. The maximum Gasteiger partial charge on any atom is 0.0857 e. The lowest BCUT2D eigenvalue weighted by Gasteiger charge is -1.95. The molecule has 30 heavy (non-hydrogen) atoms. The van der Waals surface area contributed by atoms with Gasteiger partial charge in [-0.1, -0.05) is 60.1 Å². The van der Waals surface area contributed by atoms with Gasteiger partial charge in [0.1, 0.15) is 0 Å². The van der Waals surface area contributed by atoms with Crippen molar-refractivity contribution in [3.05, 3.63) is 131 Å². The molecule has 4 rings (SSSR count). The number of azo groups is 1. The summed E-state index contributed by atoms with van der Waals surface area (Å²) in [6, 6.07) is 35.3. The van der Waals surface area contributed by atoms with Crippen molar-refractivity contribution in [2.24, 2.45) is 10.2 Å². The highest BCUT2D eigenvalue weighted by atomic mass is 15.1. The summed E-state index contributed by atoms with van der Waals surface area (Å²) in [5.74, 6) is 12.6. The molecule has 0 unspecified atom stereocenters. The molecule has 0 bridgehead atoms. The van der Waals surface area contributed by atoms with Crippen LogP contribution in [0.3, 0.4) is 0 Å². The molecule has 0 aliphatic heterocycles. The van der Waals surface area contributed by atoms with Gasteiger partial charge >= 0.3 is 0 Å². The number of rotatable bonds is 2. The summed E-state index contributed by atoms with van der Waals surface area (Å²) < 4.78 is 0. The predicted octanol–water partition coefficient (Wildman–Crippen LogP) is 6.90. The van der Waals surface area contributed by atoms with Gasteiger partial charge in [0.25, 0.3) is 0 Å². The van der Waals surface area contributed by atoms with Crippen molar-refractivity contribution in [2.45, 2.75) is 0 Å². The Balaban J connectivity index is 1.39. The zero-order chi connectivity index (χ0) is 20.4. The van der Waals surface area contributed by atoms with E-state index in [1.165, 1.54) is 0 Å². The molecule has 0 heterocycles. The summed E-state index contributed by atoms with van der Waals surface area (Å²) in [6.07, 6.45) is 0. The van der Waals surface area contributed by atoms with E-state index in [0.29, 0.717) is 0 Å². The van der Waals surface area contributed by atoms with E-state index in [1.807, 2.05) is 109 Å². The molecule has 0 aliphatic carbocycles. The van der Waals surface area contributed by atoms with Crippen LogP contribution >= 0.6 is 0 Å². The van der Waals surface area contributed by atoms with Crippen molar-refractivity contribution < 1.29 is 0 Å². The molecule has 2 heteroatoms. The van der Waals surface area contributed by atoms with E-state index < -0.39 is 0 Å². The second-order valence-corrected chi connectivity index (χ2v) is 6.53. The van der Waals surface area contributed by atoms with Crippen LogP contribution in [0.4, 0.5) is 11.4 Å². The van der Waals surface area contributed by atoms with Gasteiger partial charge in [0, 0.05) is 22.3 Å². The first-order valence-electron chi connectivity index (χ1n) is 9.61. The Hall–Kier alpha value is -4.40. The predicted molar refractivity (Wildman–Crippen MR) is 122 cm³/mol. The molecule has 4 aromatic rings. The molecule has 0 saturated carbocycles. The topological polar surface area (TPSA) is 24.7 Å². The standard InChI is InChI=1S/C28H18N2/c1-3-7-23(8-4-1)11-13-25-15-19-27(20-16-25)29-30-28-21-17-26(18-22-28)14-12-24-9-5-2-6-10-24/h1-10,15-22H. The van der Waals surface area contributed by atoms with Gasteiger partial charge in [0.2, 0.25) is 0 Å². The van der Waals surface area contributed by atoms with E-state index in [4.69, 9.17) is 0 Å². The Morgan fingerprint density at radius 2 is 0.633 bits per heavy atom. The fourth-order valence-electron chi connectivity index (χ4n) is 2.67. The Morgan fingerprint density at radius 3 is 0.967 bits per heavy atom. The molecule has 0 atom stereocenters. The van der Waals surface area contributed by atoms with Crippen molar-refractivity contribution in [2.75, 3.05) is 0 Å². The molecule has 140 valence electrons. The van der Waals surface area contributed by atoms with E-state index in [2.05, 4.69) is 33.9 Å². The normalized spacial score (nSPS) is 10.0. The first kappa shape index (κ1) is 18.9. The van der Waals surface area contributed by atoms with Crippen LogP contribution in [0, 0.1) is 23.7 Å². The van der Waals surface area contributed by atoms with Crippen LogP contribution in [-0.2, 0) is 0 Å². The van der Waals surface area contributed by atoms with Crippen molar-refractivity contribution in [3.8, 4) is 23.7 Å². The second-order valence-electron chi connectivity index (χ2n) is 6.53. The summed E-state index contributed by atoms with van der Waals surface area (Å²) in [7, 11) is 0. The van der Waals surface area contributed by atoms with Crippen LogP contribution < -0.4 is 0 Å². The third kappa shape index (κ3) is 5.55. The minimum Gasteiger partial charge on any atom is -0.151 e. The summed E-state index contributed by atoms with van der Waals surface area (Å²) in [5, 5.41) is 8.60. The van der Waals surface area contributed by atoms with Gasteiger partial charge in [-0.15, -0.1) is 0 Å². The van der Waals surface area contributed by atoms with Gasteiger partial charge in [0.15, 0.2) is 0 Å². The Morgan fingerprint density at radius 1 is 0.333 bits per heavy atom. The maximum absolute atomic E-state index is 4.30. The monoisotopic (exact) mass is 382 g/mol. The van der Waals surface area contributed by atoms with Crippen LogP contribution in [0.5, 0.6) is 0 Å². The third-order valence-corrected chi connectivity index (χ3v) is 4.27. The average Bonchev–Trinajstić information content (AvgIpc) is 2.83. The summed E-state index contributed by atoms with van der Waals surface area (Å²) in [4.78, 5) is 0. The van der Waals surface area contributed by atoms with Crippen LogP contribution in [-0.4, -0.2) is 0 Å². The molecule has 0 saturated heterocycles. The molecule has 2 nitrogen and oxygen atoms in total. The lowest BCUT2D eigenvalue weighted by Crippen LogP contribution is -1.75. The summed E-state index contributed by atoms with van der Waals surface area (Å²) >= 11 is 0. The third-order valence-electron chi connectivity index (χ3n) is 4.27. The van der Waals surface area contributed by atoms with E-state index in [9.17, 15) is 0 Å². The van der Waals surface area contributed by atoms with Crippen molar-refractivity contribution in [1.82, 2.24) is 0 Å². The number of nitrogens with zero attached hydrogens (tertiary/aromatic N) is 2. The van der Waals surface area contributed by atoms with Crippen LogP contribution in [0.15, 0.2) is 119 Å². The number of benzene rings is 4. The Kier molecular flexibility index (Phi) is 6.12. The van der Waals surface area contributed by atoms with Crippen LogP contribution in [0.2, 0.25) is 0 Å². The van der Waals surface area contributed by atoms with Crippen LogP contribution in [0.1, 0.15) is 22.3 Å². The molecule has 0 amide bonds. The molecular weight excluding hydrogens is 364 g/mol. The van der Waals surface area contributed by atoms with E-state index in [1.54, 1.807) is 0 Å². The van der Waals surface area contributed by atoms with E-state index in [0.717, 1.165) is 33.6 Å². The average molecular weight is 382 g/mol. The zero-order valence-electron chi connectivity index (χ0n) is 16.3. The largest absolute Gasteiger partial charge is 0.151 e. The van der Waals surface area contributed by atoms with Crippen molar-refractivity contribution in [1.29, 1.82) is 0 Å². The first-order chi connectivity index (χ1) is 14.8. The second kappa shape index (κ2) is 9.69. The molecule has 0 N–H and O–H groups in total. The summed E-state index contributed by atoms with van der Waals surface area (Å²) in [6.45, 7) is 0. The summed E-state index contributed by atoms with van der Waals surface area (Å²) in [5.41, 5.74) is 5.45. The Labute approximate surface area is 177 Å². The molecule has 0 radical (unpaired) electrons. The van der Waals surface area contributed by atoms with E-state index >= 15 is 0 Å². The molecule has 4 aromatic carbocycles. The molecule has 0 fully saturated rings. The first-order valence-corrected chi connectivity index (χ1v) is 9.61. The molecular formula is C28H18N2. The molecule has 0 aromatic heterocycles. The zero-order valence-corrected chi connectivity index (χ0v) is 16.3. The van der Waals surface area contributed by atoms with Crippen molar-refractivity contribution in [3.63, 3.8) is 0 Å². The van der Waals surface area contributed by atoms with Gasteiger partial charge in [-0.2, -0.15) is 10.2 Å². The Bertz CT molecular complexity index is 1140. The number of hydrogen-bond donors (Lipinski definition) is 0. The van der Waals surface area contributed by atoms with Crippen LogP contribution in [0.25, 0.3) is 0 Å². The highest BCUT2D eigenvalue weighted by molar-refractivity contribution is 5.49. The minimum atomic E-state index is 0.785. The SMILES string of the molecule is C(#Cc1ccc(N=Nc2ccc(C#Cc3ccccc3)cc2)cc1)c1ccccc1. The quantitative estimate of drug-likeness (QED) is 0.266. The molecule has 0 spiro atoms. The van der Waals surface area contributed by atoms with Gasteiger partial charge < -0.3 is 0 Å². The van der Waals surface area contributed by atoms with Gasteiger partial charge in [-0.25, -0.2) is 0 Å². The van der Waals surface area contributed by atoms with Gasteiger partial charge in [-0.05, 0) is 72.8 Å². The van der Waals surface area contributed by atoms with Gasteiger partial charge in [0.05, 0.1) is 11.4 Å². The van der Waals surface area contributed by atoms with E-state index in [-0.39, 0.29) is 0 Å².